The number of allylic oxidation sites excluding steroid dienone is 1. The normalized spacial score (nSPS) is 14.2. The van der Waals surface area contributed by atoms with Crippen LogP contribution in [0.5, 0.6) is 0 Å². The van der Waals surface area contributed by atoms with Crippen molar-refractivity contribution in [3.05, 3.63) is 72.7 Å². The van der Waals surface area contributed by atoms with E-state index in [2.05, 4.69) is 66.0 Å². The maximum atomic E-state index is 4.40. The Kier molecular flexibility index (Phi) is 2.97. The van der Waals surface area contributed by atoms with Crippen molar-refractivity contribution in [2.45, 2.75) is 12.8 Å². The first-order valence-corrected chi connectivity index (χ1v) is 7.61. The summed E-state index contributed by atoms with van der Waals surface area (Å²) in [5.41, 5.74) is 6.29. The molecule has 0 saturated carbocycles. The van der Waals surface area contributed by atoms with Crippen LogP contribution in [0.25, 0.3) is 21.9 Å². The van der Waals surface area contributed by atoms with E-state index in [0.717, 1.165) is 12.8 Å². The molecule has 2 nitrogen and oxygen atoms in total. The van der Waals surface area contributed by atoms with Crippen LogP contribution in [0.1, 0.15) is 12.0 Å². The summed E-state index contributed by atoms with van der Waals surface area (Å²) in [5.74, 6) is 0. The molecule has 2 aromatic carbocycles. The van der Waals surface area contributed by atoms with Gasteiger partial charge < -0.3 is 4.90 Å². The summed E-state index contributed by atoms with van der Waals surface area (Å²) in [7, 11) is 2.10. The van der Waals surface area contributed by atoms with Crippen molar-refractivity contribution >= 4 is 16.5 Å². The van der Waals surface area contributed by atoms with E-state index in [1.54, 1.807) is 0 Å². The van der Waals surface area contributed by atoms with Crippen molar-refractivity contribution in [3.63, 3.8) is 0 Å². The molecule has 3 aromatic rings. The number of anilines is 1. The number of aromatic nitrogens is 1. The topological polar surface area (TPSA) is 16.1 Å². The van der Waals surface area contributed by atoms with Crippen LogP contribution in [0, 0.1) is 0 Å². The molecule has 0 unspecified atom stereocenters. The third kappa shape index (κ3) is 2.00. The molecule has 0 saturated heterocycles. The van der Waals surface area contributed by atoms with Crippen molar-refractivity contribution in [1.82, 2.24) is 4.98 Å². The van der Waals surface area contributed by atoms with E-state index in [1.807, 2.05) is 12.4 Å². The summed E-state index contributed by atoms with van der Waals surface area (Å²) >= 11 is 0. The van der Waals surface area contributed by atoms with Crippen LogP contribution in [-0.4, -0.2) is 12.0 Å². The Morgan fingerprint density at radius 1 is 1.05 bits per heavy atom. The van der Waals surface area contributed by atoms with Gasteiger partial charge in [0.2, 0.25) is 0 Å². The van der Waals surface area contributed by atoms with Gasteiger partial charge in [-0.25, -0.2) is 0 Å². The summed E-state index contributed by atoms with van der Waals surface area (Å²) in [4.78, 5) is 6.60. The highest BCUT2D eigenvalue weighted by Crippen LogP contribution is 2.35. The van der Waals surface area contributed by atoms with E-state index in [0.29, 0.717) is 0 Å². The van der Waals surface area contributed by atoms with Crippen LogP contribution in [0.3, 0.4) is 0 Å². The van der Waals surface area contributed by atoms with Gasteiger partial charge in [-0.1, -0.05) is 36.9 Å². The summed E-state index contributed by atoms with van der Waals surface area (Å²) in [5, 5.41) is 2.44. The molecule has 0 atom stereocenters. The molecular weight excluding hydrogens is 268 g/mol. The van der Waals surface area contributed by atoms with Crippen molar-refractivity contribution in [2.75, 3.05) is 11.9 Å². The van der Waals surface area contributed by atoms with Crippen LogP contribution in [0.15, 0.2) is 67.1 Å². The van der Waals surface area contributed by atoms with Gasteiger partial charge in [0, 0.05) is 41.8 Å². The fourth-order valence-corrected chi connectivity index (χ4v) is 3.24. The zero-order valence-corrected chi connectivity index (χ0v) is 12.7. The van der Waals surface area contributed by atoms with Gasteiger partial charge in [-0.3, -0.25) is 4.98 Å². The number of rotatable bonds is 1. The van der Waals surface area contributed by atoms with E-state index in [4.69, 9.17) is 0 Å². The zero-order chi connectivity index (χ0) is 15.1. The van der Waals surface area contributed by atoms with E-state index in [9.17, 15) is 0 Å². The Balaban J connectivity index is 1.88. The molecule has 0 N–H and O–H groups in total. The number of aryl methyl sites for hydroxylation is 1. The lowest BCUT2D eigenvalue weighted by Gasteiger charge is -2.30. The Bertz CT molecular complexity index is 875. The van der Waals surface area contributed by atoms with Gasteiger partial charge in [-0.2, -0.15) is 0 Å². The second-order valence-corrected chi connectivity index (χ2v) is 5.88. The van der Waals surface area contributed by atoms with Crippen LogP contribution in [0.2, 0.25) is 0 Å². The van der Waals surface area contributed by atoms with Gasteiger partial charge >= 0.3 is 0 Å². The number of hydrogen-bond donors (Lipinski definition) is 0. The number of pyridine rings is 1. The molecule has 0 radical (unpaired) electrons. The van der Waals surface area contributed by atoms with Crippen molar-refractivity contribution in [1.29, 1.82) is 0 Å². The van der Waals surface area contributed by atoms with Gasteiger partial charge in [0.25, 0.3) is 0 Å². The highest BCUT2D eigenvalue weighted by Gasteiger charge is 2.17. The second-order valence-electron chi connectivity index (χ2n) is 5.88. The van der Waals surface area contributed by atoms with Gasteiger partial charge in [-0.05, 0) is 41.5 Å². The van der Waals surface area contributed by atoms with E-state index in [-0.39, 0.29) is 0 Å². The van der Waals surface area contributed by atoms with Crippen molar-refractivity contribution < 1.29 is 0 Å². The first-order valence-electron chi connectivity index (χ1n) is 7.61. The summed E-state index contributed by atoms with van der Waals surface area (Å²) < 4.78 is 0. The molecule has 108 valence electrons. The Morgan fingerprint density at radius 2 is 1.91 bits per heavy atom. The van der Waals surface area contributed by atoms with Gasteiger partial charge in [0.05, 0.1) is 0 Å². The highest BCUT2D eigenvalue weighted by atomic mass is 15.1. The van der Waals surface area contributed by atoms with Crippen LogP contribution in [-0.2, 0) is 6.42 Å². The minimum atomic E-state index is 1.03. The third-order valence-corrected chi connectivity index (χ3v) is 4.58. The maximum absolute atomic E-state index is 4.40. The monoisotopic (exact) mass is 286 g/mol. The maximum Gasteiger partial charge on any atom is 0.0438 e. The van der Waals surface area contributed by atoms with Crippen LogP contribution in [0.4, 0.5) is 5.69 Å². The zero-order valence-electron chi connectivity index (χ0n) is 12.7. The van der Waals surface area contributed by atoms with Gasteiger partial charge in [-0.15, -0.1) is 0 Å². The fourth-order valence-electron chi connectivity index (χ4n) is 3.24. The lowest BCUT2D eigenvalue weighted by Crippen LogP contribution is -2.21. The van der Waals surface area contributed by atoms with E-state index in [1.165, 1.54) is 38.8 Å². The quantitative estimate of drug-likeness (QED) is 0.639. The molecule has 0 bridgehead atoms. The van der Waals surface area contributed by atoms with E-state index >= 15 is 0 Å². The standard InChI is InChI=1S/C20H18N2/c1-14-7-8-16-11-15(9-10-20(16)22(14)2)19-13-21-12-17-5-3-4-6-18(17)19/h3-6,9-13H,1,7-8H2,2H3. The molecule has 22 heavy (non-hydrogen) atoms. The molecular formula is C20H18N2. The smallest absolute Gasteiger partial charge is 0.0438 e. The number of fused-ring (bicyclic) bond motifs is 2. The summed E-state index contributed by atoms with van der Waals surface area (Å²) in [6, 6.07) is 15.1. The van der Waals surface area contributed by atoms with Crippen LogP contribution < -0.4 is 4.90 Å². The fraction of sp³-hybridized carbons (Fsp3) is 0.150. The molecule has 1 aliphatic heterocycles. The Labute approximate surface area is 130 Å². The summed E-state index contributed by atoms with van der Waals surface area (Å²) in [6.07, 6.45) is 5.98. The molecule has 0 fully saturated rings. The molecule has 2 heterocycles. The first-order chi connectivity index (χ1) is 10.7. The average Bonchev–Trinajstić information content (AvgIpc) is 2.57. The lowest BCUT2D eigenvalue weighted by atomic mass is 9.94. The SMILES string of the molecule is C=C1CCc2cc(-c3cncc4ccccc34)ccc2N1C. The van der Waals surface area contributed by atoms with Gasteiger partial charge in [0.15, 0.2) is 0 Å². The first kappa shape index (κ1) is 13.1. The minimum absolute atomic E-state index is 1.03. The lowest BCUT2D eigenvalue weighted by molar-refractivity contribution is 0.844. The molecule has 4 rings (SSSR count). The largest absolute Gasteiger partial charge is 0.349 e. The average molecular weight is 286 g/mol. The van der Waals surface area contributed by atoms with Crippen LogP contribution >= 0.6 is 0 Å². The molecule has 0 aliphatic carbocycles. The molecule has 0 spiro atoms. The molecule has 2 heteroatoms. The third-order valence-electron chi connectivity index (χ3n) is 4.58. The Hall–Kier alpha value is -2.61. The van der Waals surface area contributed by atoms with E-state index < -0.39 is 0 Å². The minimum Gasteiger partial charge on any atom is -0.349 e. The number of hydrogen-bond acceptors (Lipinski definition) is 2. The highest BCUT2D eigenvalue weighted by molar-refractivity contribution is 5.96. The molecule has 1 aromatic heterocycles. The van der Waals surface area contributed by atoms with Crippen molar-refractivity contribution in [3.8, 4) is 11.1 Å². The predicted octanol–water partition coefficient (Wildman–Crippen LogP) is 4.80. The van der Waals surface area contributed by atoms with Crippen molar-refractivity contribution in [2.24, 2.45) is 0 Å². The predicted molar refractivity (Wildman–Crippen MR) is 93.0 cm³/mol. The Morgan fingerprint density at radius 3 is 2.82 bits per heavy atom. The summed E-state index contributed by atoms with van der Waals surface area (Å²) in [6.45, 7) is 4.13. The second kappa shape index (κ2) is 4.99. The number of benzene rings is 2. The molecule has 0 amide bonds. The molecule has 1 aliphatic rings. The number of nitrogens with zero attached hydrogens (tertiary/aromatic N) is 2. The van der Waals surface area contributed by atoms with Gasteiger partial charge in [0.1, 0.15) is 0 Å².